The number of hydrogen-bond acceptors (Lipinski definition) is 6. The third kappa shape index (κ3) is 3.43. The van der Waals surface area contributed by atoms with Crippen molar-refractivity contribution in [1.82, 2.24) is 19.9 Å². The van der Waals surface area contributed by atoms with E-state index in [1.54, 1.807) is 57.6 Å². The van der Waals surface area contributed by atoms with E-state index in [0.29, 0.717) is 22.1 Å². The average Bonchev–Trinajstić information content (AvgIpc) is 3.17. The fourth-order valence-corrected chi connectivity index (χ4v) is 4.32. The first kappa shape index (κ1) is 20.0. The predicted molar refractivity (Wildman–Crippen MR) is 116 cm³/mol. The average molecular weight is 423 g/mol. The minimum Gasteiger partial charge on any atom is -0.481 e. The minimum absolute atomic E-state index is 0.303. The van der Waals surface area contributed by atoms with Crippen molar-refractivity contribution in [2.24, 2.45) is 0 Å². The van der Waals surface area contributed by atoms with Gasteiger partial charge in [0.25, 0.3) is 0 Å². The van der Waals surface area contributed by atoms with Gasteiger partial charge in [-0.25, -0.2) is 23.4 Å². The minimum atomic E-state index is -3.31. The maximum absolute atomic E-state index is 12.3. The molecule has 154 valence electrons. The summed E-state index contributed by atoms with van der Waals surface area (Å²) >= 11 is 0. The molecule has 1 N–H and O–H groups in total. The van der Waals surface area contributed by atoms with Crippen LogP contribution >= 0.6 is 0 Å². The molecule has 3 aromatic heterocycles. The van der Waals surface area contributed by atoms with Gasteiger partial charge in [-0.15, -0.1) is 0 Å². The number of rotatable bonds is 5. The second-order valence-electron chi connectivity index (χ2n) is 7.32. The molecule has 30 heavy (non-hydrogen) atoms. The molecular weight excluding hydrogens is 400 g/mol. The molecular formula is C22H22N4O3S. The van der Waals surface area contributed by atoms with Crippen LogP contribution in [-0.2, 0) is 9.84 Å². The lowest BCUT2D eigenvalue weighted by molar-refractivity contribution is 0.394. The Balaban J connectivity index is 1.75. The summed E-state index contributed by atoms with van der Waals surface area (Å²) in [6.45, 7) is 5.28. The normalized spacial score (nSPS) is 11.9. The highest BCUT2D eigenvalue weighted by Gasteiger charge is 2.19. The van der Waals surface area contributed by atoms with E-state index in [2.05, 4.69) is 15.0 Å². The van der Waals surface area contributed by atoms with Crippen LogP contribution in [0.5, 0.6) is 5.88 Å². The number of benzene rings is 1. The summed E-state index contributed by atoms with van der Waals surface area (Å²) in [5.41, 5.74) is 5.56. The molecule has 0 saturated heterocycles. The molecule has 4 aromatic rings. The van der Waals surface area contributed by atoms with Crippen molar-refractivity contribution >= 4 is 21.0 Å². The van der Waals surface area contributed by atoms with Crippen molar-refractivity contribution in [3.05, 3.63) is 54.5 Å². The SMILES string of the molecule is COc1ncc(-c2c[nH]c3ncc(-c4ccc(S(=O)(=O)C(C)C)cc4)nc23)cc1C. The van der Waals surface area contributed by atoms with Gasteiger partial charge in [0, 0.05) is 34.6 Å². The summed E-state index contributed by atoms with van der Waals surface area (Å²) in [6.07, 6.45) is 5.27. The Morgan fingerprint density at radius 2 is 1.77 bits per heavy atom. The fraction of sp³-hybridized carbons (Fsp3) is 0.227. The Morgan fingerprint density at radius 1 is 1.03 bits per heavy atom. The molecule has 0 radical (unpaired) electrons. The Kier molecular flexibility index (Phi) is 5.03. The number of H-pyrrole nitrogens is 1. The van der Waals surface area contributed by atoms with Crippen LogP contribution in [0.1, 0.15) is 19.4 Å². The van der Waals surface area contributed by atoms with E-state index in [9.17, 15) is 8.42 Å². The van der Waals surface area contributed by atoms with Gasteiger partial charge >= 0.3 is 0 Å². The summed E-state index contributed by atoms with van der Waals surface area (Å²) < 4.78 is 29.9. The van der Waals surface area contributed by atoms with Gasteiger partial charge in [-0.3, -0.25) is 0 Å². The number of nitrogens with one attached hydrogen (secondary N) is 1. The Labute approximate surface area is 175 Å². The van der Waals surface area contributed by atoms with Crippen LogP contribution < -0.4 is 4.74 Å². The molecule has 0 saturated carbocycles. The molecule has 3 heterocycles. The summed E-state index contributed by atoms with van der Waals surface area (Å²) in [7, 11) is -1.72. The van der Waals surface area contributed by atoms with Crippen LogP contribution in [0.25, 0.3) is 33.5 Å². The number of nitrogens with zero attached hydrogens (tertiary/aromatic N) is 3. The Bertz CT molecular complexity index is 1330. The van der Waals surface area contributed by atoms with E-state index in [1.807, 2.05) is 19.2 Å². The van der Waals surface area contributed by atoms with Crippen molar-refractivity contribution in [1.29, 1.82) is 0 Å². The zero-order valence-electron chi connectivity index (χ0n) is 17.2. The van der Waals surface area contributed by atoms with E-state index < -0.39 is 15.1 Å². The molecule has 0 aliphatic heterocycles. The molecule has 1 aromatic carbocycles. The number of ether oxygens (including phenoxy) is 1. The molecule has 0 amide bonds. The van der Waals surface area contributed by atoms with Gasteiger partial charge in [0.2, 0.25) is 5.88 Å². The van der Waals surface area contributed by atoms with Crippen molar-refractivity contribution in [2.45, 2.75) is 30.9 Å². The second-order valence-corrected chi connectivity index (χ2v) is 9.83. The van der Waals surface area contributed by atoms with E-state index in [0.717, 1.165) is 27.8 Å². The Morgan fingerprint density at radius 3 is 2.40 bits per heavy atom. The number of sulfone groups is 1. The number of aryl methyl sites for hydroxylation is 1. The third-order valence-electron chi connectivity index (χ3n) is 5.01. The highest BCUT2D eigenvalue weighted by Crippen LogP contribution is 2.30. The number of aromatic amines is 1. The van der Waals surface area contributed by atoms with Crippen molar-refractivity contribution in [3.63, 3.8) is 0 Å². The smallest absolute Gasteiger partial charge is 0.215 e. The van der Waals surface area contributed by atoms with E-state index >= 15 is 0 Å². The van der Waals surface area contributed by atoms with Gasteiger partial charge in [-0.2, -0.15) is 0 Å². The maximum atomic E-state index is 12.3. The van der Waals surface area contributed by atoms with Gasteiger partial charge in [-0.1, -0.05) is 12.1 Å². The highest BCUT2D eigenvalue weighted by atomic mass is 32.2. The van der Waals surface area contributed by atoms with Gasteiger partial charge in [0.05, 0.1) is 29.1 Å². The van der Waals surface area contributed by atoms with Crippen LogP contribution in [0.4, 0.5) is 0 Å². The summed E-state index contributed by atoms with van der Waals surface area (Å²) in [4.78, 5) is 17.0. The molecule has 0 aliphatic rings. The quantitative estimate of drug-likeness (QED) is 0.518. The Hall–Kier alpha value is -3.26. The molecule has 0 aliphatic carbocycles. The van der Waals surface area contributed by atoms with E-state index in [4.69, 9.17) is 9.72 Å². The molecule has 0 bridgehead atoms. The van der Waals surface area contributed by atoms with Crippen LogP contribution in [0.2, 0.25) is 0 Å². The topological polar surface area (TPSA) is 97.8 Å². The number of pyridine rings is 1. The summed E-state index contributed by atoms with van der Waals surface area (Å²) in [6, 6.07) is 8.75. The lowest BCUT2D eigenvalue weighted by Crippen LogP contribution is -2.13. The van der Waals surface area contributed by atoms with E-state index in [1.165, 1.54) is 0 Å². The summed E-state index contributed by atoms with van der Waals surface area (Å²) in [5.74, 6) is 0.585. The van der Waals surface area contributed by atoms with Crippen molar-refractivity contribution < 1.29 is 13.2 Å². The first-order chi connectivity index (χ1) is 14.3. The first-order valence-electron chi connectivity index (χ1n) is 9.50. The number of fused-ring (bicyclic) bond motifs is 1. The molecule has 7 nitrogen and oxygen atoms in total. The number of methoxy groups -OCH3 is 1. The largest absolute Gasteiger partial charge is 0.481 e. The molecule has 0 atom stereocenters. The molecule has 8 heteroatoms. The van der Waals surface area contributed by atoms with E-state index in [-0.39, 0.29) is 0 Å². The van der Waals surface area contributed by atoms with Crippen LogP contribution in [0, 0.1) is 6.92 Å². The molecule has 0 unspecified atom stereocenters. The van der Waals surface area contributed by atoms with Crippen LogP contribution in [-0.4, -0.2) is 40.7 Å². The van der Waals surface area contributed by atoms with Gasteiger partial charge < -0.3 is 9.72 Å². The zero-order chi connectivity index (χ0) is 21.5. The van der Waals surface area contributed by atoms with Crippen LogP contribution in [0.15, 0.2) is 53.8 Å². The number of hydrogen-bond donors (Lipinski definition) is 1. The third-order valence-corrected chi connectivity index (χ3v) is 7.19. The molecule has 4 rings (SSSR count). The number of aromatic nitrogens is 4. The zero-order valence-corrected chi connectivity index (χ0v) is 18.0. The predicted octanol–water partition coefficient (Wildman–Crippen LogP) is 4.19. The summed E-state index contributed by atoms with van der Waals surface area (Å²) in [5, 5.41) is -0.469. The van der Waals surface area contributed by atoms with Gasteiger partial charge in [-0.05, 0) is 39.0 Å². The standard InChI is InChI=1S/C22H22N4O3S/c1-13(2)30(27,28)17-7-5-15(6-8-17)19-12-24-21-20(26-19)18(11-23-21)16-9-14(3)22(29-4)25-10-16/h5-13H,1-4H3,(H,23,24). The monoisotopic (exact) mass is 422 g/mol. The van der Waals surface area contributed by atoms with Crippen molar-refractivity contribution in [3.8, 4) is 28.3 Å². The highest BCUT2D eigenvalue weighted by molar-refractivity contribution is 7.92. The van der Waals surface area contributed by atoms with Gasteiger partial charge in [0.15, 0.2) is 15.5 Å². The van der Waals surface area contributed by atoms with Gasteiger partial charge in [0.1, 0.15) is 5.52 Å². The second kappa shape index (κ2) is 7.53. The molecule has 0 fully saturated rings. The van der Waals surface area contributed by atoms with Crippen LogP contribution in [0.3, 0.4) is 0 Å². The lowest BCUT2D eigenvalue weighted by atomic mass is 10.1. The maximum Gasteiger partial charge on any atom is 0.215 e. The fourth-order valence-electron chi connectivity index (χ4n) is 3.26. The van der Waals surface area contributed by atoms with Crippen molar-refractivity contribution in [2.75, 3.05) is 7.11 Å². The first-order valence-corrected chi connectivity index (χ1v) is 11.1. The molecule has 0 spiro atoms. The lowest BCUT2D eigenvalue weighted by Gasteiger charge is -2.09.